The Morgan fingerprint density at radius 1 is 1.22 bits per heavy atom. The molecule has 0 aliphatic carbocycles. The zero-order valence-electron chi connectivity index (χ0n) is 12.8. The summed E-state index contributed by atoms with van der Waals surface area (Å²) in [4.78, 5) is 15.2. The maximum Gasteiger partial charge on any atom is 0.307 e. The molecule has 0 amide bonds. The summed E-state index contributed by atoms with van der Waals surface area (Å²) in [6.07, 6.45) is 1.51. The van der Waals surface area contributed by atoms with Gasteiger partial charge in [-0.2, -0.15) is 0 Å². The van der Waals surface area contributed by atoms with Gasteiger partial charge in [0.1, 0.15) is 0 Å². The van der Waals surface area contributed by atoms with Crippen molar-refractivity contribution in [1.29, 1.82) is 0 Å². The maximum absolute atomic E-state index is 10.8. The number of imidazole rings is 1. The molecular weight excluding hydrogens is 292 g/mol. The Bertz CT molecular complexity index is 809. The maximum atomic E-state index is 10.8. The number of rotatable bonds is 6. The monoisotopic (exact) mass is 310 g/mol. The Morgan fingerprint density at radius 2 is 1.96 bits per heavy atom. The van der Waals surface area contributed by atoms with E-state index in [4.69, 9.17) is 9.84 Å². The largest absolute Gasteiger partial charge is 0.481 e. The fourth-order valence-electron chi connectivity index (χ4n) is 2.63. The standard InChI is InChI=1S/C18H18N2O3/c1-2-23-18(14-9-7-13(8-10-14)11-17(21)22)20-12-19-15-5-3-4-6-16(15)20/h3-10,12,18H,2,11H2,1H3,(H,21,22). The number of fused-ring (bicyclic) bond motifs is 1. The molecule has 5 heteroatoms. The lowest BCUT2D eigenvalue weighted by Gasteiger charge is -2.20. The van der Waals surface area contributed by atoms with E-state index < -0.39 is 5.97 Å². The highest BCUT2D eigenvalue weighted by molar-refractivity contribution is 5.75. The second kappa shape index (κ2) is 6.62. The lowest BCUT2D eigenvalue weighted by molar-refractivity contribution is -0.136. The smallest absolute Gasteiger partial charge is 0.307 e. The molecule has 1 aromatic heterocycles. The number of aromatic nitrogens is 2. The SMILES string of the molecule is CCOC(c1ccc(CC(=O)O)cc1)n1cnc2ccccc21. The summed E-state index contributed by atoms with van der Waals surface area (Å²) in [6, 6.07) is 15.4. The number of hydrogen-bond donors (Lipinski definition) is 1. The molecule has 0 saturated carbocycles. The highest BCUT2D eigenvalue weighted by Gasteiger charge is 2.16. The number of benzene rings is 2. The average Bonchev–Trinajstić information content (AvgIpc) is 2.97. The van der Waals surface area contributed by atoms with Gasteiger partial charge in [0.15, 0.2) is 6.23 Å². The topological polar surface area (TPSA) is 64.3 Å². The normalized spacial score (nSPS) is 12.4. The zero-order valence-corrected chi connectivity index (χ0v) is 12.8. The lowest BCUT2D eigenvalue weighted by Crippen LogP contribution is -2.14. The molecule has 3 rings (SSSR count). The molecule has 5 nitrogen and oxygen atoms in total. The van der Waals surface area contributed by atoms with E-state index in [1.165, 1.54) is 0 Å². The first-order valence-electron chi connectivity index (χ1n) is 7.53. The van der Waals surface area contributed by atoms with E-state index in [-0.39, 0.29) is 12.6 Å². The van der Waals surface area contributed by atoms with Gasteiger partial charge in [0, 0.05) is 12.2 Å². The van der Waals surface area contributed by atoms with Gasteiger partial charge < -0.3 is 9.84 Å². The van der Waals surface area contributed by atoms with E-state index in [9.17, 15) is 4.79 Å². The Labute approximate surface area is 134 Å². The first kappa shape index (κ1) is 15.2. The Hall–Kier alpha value is -2.66. The third-order valence-electron chi connectivity index (χ3n) is 3.68. The van der Waals surface area contributed by atoms with Crippen LogP contribution in [0.15, 0.2) is 54.9 Å². The number of para-hydroxylation sites is 2. The van der Waals surface area contributed by atoms with E-state index >= 15 is 0 Å². The fourth-order valence-corrected chi connectivity index (χ4v) is 2.63. The summed E-state index contributed by atoms with van der Waals surface area (Å²) in [5.41, 5.74) is 3.65. The minimum absolute atomic E-state index is 0.0214. The van der Waals surface area contributed by atoms with Crippen LogP contribution in [0.5, 0.6) is 0 Å². The van der Waals surface area contributed by atoms with Gasteiger partial charge in [-0.05, 0) is 24.6 Å². The second-order valence-electron chi connectivity index (χ2n) is 5.26. The molecule has 118 valence electrons. The van der Waals surface area contributed by atoms with Crippen LogP contribution in [0, 0.1) is 0 Å². The van der Waals surface area contributed by atoms with Gasteiger partial charge >= 0.3 is 5.97 Å². The average molecular weight is 310 g/mol. The highest BCUT2D eigenvalue weighted by atomic mass is 16.5. The van der Waals surface area contributed by atoms with Gasteiger partial charge in [-0.1, -0.05) is 36.4 Å². The predicted octanol–water partition coefficient (Wildman–Crippen LogP) is 3.25. The van der Waals surface area contributed by atoms with Gasteiger partial charge in [0.05, 0.1) is 23.8 Å². The first-order chi connectivity index (χ1) is 11.2. The van der Waals surface area contributed by atoms with Gasteiger partial charge in [-0.3, -0.25) is 9.36 Å². The van der Waals surface area contributed by atoms with Crippen molar-refractivity contribution in [3.63, 3.8) is 0 Å². The molecule has 0 aliphatic rings. The lowest BCUT2D eigenvalue weighted by atomic mass is 10.1. The van der Waals surface area contributed by atoms with Crippen LogP contribution in [0.25, 0.3) is 11.0 Å². The molecule has 2 aromatic carbocycles. The Morgan fingerprint density at radius 3 is 2.65 bits per heavy atom. The highest BCUT2D eigenvalue weighted by Crippen LogP contribution is 2.25. The van der Waals surface area contributed by atoms with Crippen molar-refractivity contribution >= 4 is 17.0 Å². The number of carboxylic acid groups (broad SMARTS) is 1. The third kappa shape index (κ3) is 3.24. The quantitative estimate of drug-likeness (QED) is 0.759. The van der Waals surface area contributed by atoms with Crippen LogP contribution in [-0.2, 0) is 16.0 Å². The summed E-state index contributed by atoms with van der Waals surface area (Å²) in [5, 5.41) is 8.86. The molecule has 0 radical (unpaired) electrons. The molecule has 1 atom stereocenters. The van der Waals surface area contributed by atoms with Gasteiger partial charge in [-0.25, -0.2) is 4.98 Å². The van der Waals surface area contributed by atoms with Crippen molar-refractivity contribution in [2.24, 2.45) is 0 Å². The predicted molar refractivity (Wildman–Crippen MR) is 87.3 cm³/mol. The number of ether oxygens (including phenoxy) is 1. The van der Waals surface area contributed by atoms with Crippen LogP contribution in [0.3, 0.4) is 0 Å². The number of aliphatic carboxylic acids is 1. The van der Waals surface area contributed by atoms with Crippen LogP contribution >= 0.6 is 0 Å². The molecule has 1 unspecified atom stereocenters. The van der Waals surface area contributed by atoms with Crippen LogP contribution in [0.1, 0.15) is 24.3 Å². The molecule has 3 aromatic rings. The Balaban J connectivity index is 1.96. The molecule has 1 heterocycles. The summed E-state index contributed by atoms with van der Waals surface area (Å²) in [6.45, 7) is 2.51. The number of nitrogens with zero attached hydrogens (tertiary/aromatic N) is 2. The van der Waals surface area contributed by atoms with Gasteiger partial charge in [0.2, 0.25) is 0 Å². The third-order valence-corrected chi connectivity index (χ3v) is 3.68. The van der Waals surface area contributed by atoms with Crippen LogP contribution in [0.2, 0.25) is 0 Å². The minimum atomic E-state index is -0.834. The fraction of sp³-hybridized carbons (Fsp3) is 0.222. The van der Waals surface area contributed by atoms with Gasteiger partial charge in [0.25, 0.3) is 0 Å². The molecule has 0 fully saturated rings. The molecule has 0 bridgehead atoms. The zero-order chi connectivity index (χ0) is 16.2. The van der Waals surface area contributed by atoms with Crippen molar-refractivity contribution in [2.45, 2.75) is 19.6 Å². The van der Waals surface area contributed by atoms with Gasteiger partial charge in [-0.15, -0.1) is 0 Å². The summed E-state index contributed by atoms with van der Waals surface area (Å²) in [5.74, 6) is -0.834. The van der Waals surface area contributed by atoms with E-state index in [0.717, 1.165) is 22.2 Å². The second-order valence-corrected chi connectivity index (χ2v) is 5.26. The van der Waals surface area contributed by atoms with Crippen molar-refractivity contribution in [3.05, 3.63) is 66.0 Å². The summed E-state index contributed by atoms with van der Waals surface area (Å²) in [7, 11) is 0. The van der Waals surface area contributed by atoms with E-state index in [0.29, 0.717) is 6.61 Å². The number of carboxylic acids is 1. The summed E-state index contributed by atoms with van der Waals surface area (Å²) >= 11 is 0. The van der Waals surface area contributed by atoms with Crippen molar-refractivity contribution < 1.29 is 14.6 Å². The minimum Gasteiger partial charge on any atom is -0.481 e. The molecule has 23 heavy (non-hydrogen) atoms. The van der Waals surface area contributed by atoms with E-state index in [2.05, 4.69) is 4.98 Å². The Kier molecular flexibility index (Phi) is 4.39. The molecule has 0 aliphatic heterocycles. The van der Waals surface area contributed by atoms with Crippen LogP contribution in [-0.4, -0.2) is 27.2 Å². The number of carbonyl (C=O) groups is 1. The van der Waals surface area contributed by atoms with Crippen molar-refractivity contribution in [3.8, 4) is 0 Å². The summed E-state index contributed by atoms with van der Waals surface area (Å²) < 4.78 is 7.90. The van der Waals surface area contributed by atoms with Crippen molar-refractivity contribution in [2.75, 3.05) is 6.61 Å². The molecule has 1 N–H and O–H groups in total. The van der Waals surface area contributed by atoms with Crippen molar-refractivity contribution in [1.82, 2.24) is 9.55 Å². The van der Waals surface area contributed by atoms with Crippen LogP contribution < -0.4 is 0 Å². The number of hydrogen-bond acceptors (Lipinski definition) is 3. The molecular formula is C18H18N2O3. The first-order valence-corrected chi connectivity index (χ1v) is 7.53. The molecule has 0 spiro atoms. The molecule has 0 saturated heterocycles. The van der Waals surface area contributed by atoms with E-state index in [1.54, 1.807) is 6.33 Å². The van der Waals surface area contributed by atoms with E-state index in [1.807, 2.05) is 60.0 Å². The van der Waals surface area contributed by atoms with Crippen LogP contribution in [0.4, 0.5) is 0 Å².